The molecular formula is C25H39N4O4+. The van der Waals surface area contributed by atoms with Gasteiger partial charge in [-0.2, -0.15) is 0 Å². The summed E-state index contributed by atoms with van der Waals surface area (Å²) in [4.78, 5) is 26.5. The van der Waals surface area contributed by atoms with Crippen LogP contribution in [-0.2, 0) is 4.74 Å². The number of fused-ring (bicyclic) bond motifs is 1. The molecule has 0 bridgehead atoms. The zero-order valence-corrected chi connectivity index (χ0v) is 19.9. The molecule has 2 heterocycles. The van der Waals surface area contributed by atoms with Gasteiger partial charge < -0.3 is 25.1 Å². The highest BCUT2D eigenvalue weighted by Crippen LogP contribution is 2.18. The lowest BCUT2D eigenvalue weighted by molar-refractivity contribution is -0.945. The first kappa shape index (κ1) is 25.1. The number of carbonyl (C=O) groups is 1. The van der Waals surface area contributed by atoms with Gasteiger partial charge in [0.25, 0.3) is 0 Å². The molecule has 0 saturated carbocycles. The molecule has 0 aliphatic carbocycles. The second-order valence-corrected chi connectivity index (χ2v) is 8.94. The number of ether oxygens (including phenoxy) is 2. The molecule has 3 rings (SSSR count). The van der Waals surface area contributed by atoms with Crippen LogP contribution in [-0.4, -0.2) is 68.2 Å². The van der Waals surface area contributed by atoms with E-state index in [0.29, 0.717) is 19.9 Å². The number of hydrogen-bond acceptors (Lipinski definition) is 5. The molecule has 0 atom stereocenters. The fourth-order valence-corrected chi connectivity index (χ4v) is 4.23. The number of piperazine rings is 1. The molecule has 8 nitrogen and oxygen atoms in total. The highest BCUT2D eigenvalue weighted by molar-refractivity contribution is 5.79. The molecule has 1 aromatic heterocycles. The maximum Gasteiger partial charge on any atom is 0.411 e. The van der Waals surface area contributed by atoms with Crippen molar-refractivity contribution in [3.8, 4) is 5.75 Å². The van der Waals surface area contributed by atoms with Crippen molar-refractivity contribution in [3.63, 3.8) is 0 Å². The topological polar surface area (TPSA) is 92.4 Å². The van der Waals surface area contributed by atoms with Gasteiger partial charge in [-0.25, -0.2) is 4.79 Å². The predicted molar refractivity (Wildman–Crippen MR) is 131 cm³/mol. The van der Waals surface area contributed by atoms with Crippen LogP contribution < -0.4 is 20.9 Å². The molecule has 1 aromatic carbocycles. The summed E-state index contributed by atoms with van der Waals surface area (Å²) in [5.41, 5.74) is 0.670. The van der Waals surface area contributed by atoms with E-state index in [-0.39, 0.29) is 11.7 Å². The number of pyridine rings is 1. The van der Waals surface area contributed by atoms with Crippen LogP contribution in [0, 0.1) is 0 Å². The molecular weight excluding hydrogens is 420 g/mol. The molecule has 1 aliphatic heterocycles. The Kier molecular flexibility index (Phi) is 10.0. The second-order valence-electron chi connectivity index (χ2n) is 8.94. The number of benzene rings is 1. The lowest BCUT2D eigenvalue weighted by atomic mass is 10.2. The fourth-order valence-electron chi connectivity index (χ4n) is 4.23. The summed E-state index contributed by atoms with van der Waals surface area (Å²) in [6.45, 7) is 8.64. The average Bonchev–Trinajstić information content (AvgIpc) is 2.83. The van der Waals surface area contributed by atoms with Crippen LogP contribution in [0.1, 0.15) is 45.4 Å². The van der Waals surface area contributed by atoms with Crippen molar-refractivity contribution < 1.29 is 18.8 Å². The number of alkyl carbamates (subject to hydrolysis) is 1. The first-order chi connectivity index (χ1) is 16.1. The van der Waals surface area contributed by atoms with Crippen LogP contribution in [0.15, 0.2) is 35.1 Å². The van der Waals surface area contributed by atoms with Crippen molar-refractivity contribution in [2.75, 3.05) is 52.6 Å². The molecule has 8 heteroatoms. The van der Waals surface area contributed by atoms with E-state index >= 15 is 0 Å². The number of rotatable bonds is 13. The van der Waals surface area contributed by atoms with Gasteiger partial charge in [-0.1, -0.05) is 26.2 Å². The monoisotopic (exact) mass is 459 g/mol. The highest BCUT2D eigenvalue weighted by atomic mass is 16.6. The molecule has 0 radical (unpaired) electrons. The summed E-state index contributed by atoms with van der Waals surface area (Å²) in [5.74, 6) is 0.759. The normalized spacial score (nSPS) is 15.3. The number of carbonyl (C=O) groups excluding carboxylic acids is 1. The van der Waals surface area contributed by atoms with E-state index in [0.717, 1.165) is 79.5 Å². The minimum atomic E-state index is -0.305. The first-order valence-corrected chi connectivity index (χ1v) is 12.3. The third kappa shape index (κ3) is 8.37. The highest BCUT2D eigenvalue weighted by Gasteiger charge is 2.30. The van der Waals surface area contributed by atoms with E-state index < -0.39 is 0 Å². The number of aromatic nitrogens is 1. The van der Waals surface area contributed by atoms with Gasteiger partial charge in [0.2, 0.25) is 12.3 Å². The van der Waals surface area contributed by atoms with E-state index in [4.69, 9.17) is 9.47 Å². The predicted octanol–water partition coefficient (Wildman–Crippen LogP) is 3.37. The van der Waals surface area contributed by atoms with Crippen LogP contribution in [0.5, 0.6) is 5.75 Å². The van der Waals surface area contributed by atoms with Crippen molar-refractivity contribution in [3.05, 3.63) is 40.7 Å². The number of nitrogens with zero attached hydrogens (tertiary/aromatic N) is 1. The molecule has 33 heavy (non-hydrogen) atoms. The van der Waals surface area contributed by atoms with Gasteiger partial charge in [0.05, 0.1) is 31.8 Å². The number of amides is 1. The quantitative estimate of drug-likeness (QED) is 0.316. The van der Waals surface area contributed by atoms with E-state index in [9.17, 15) is 9.59 Å². The van der Waals surface area contributed by atoms with Gasteiger partial charge in [-0.3, -0.25) is 9.28 Å². The van der Waals surface area contributed by atoms with E-state index in [1.807, 2.05) is 24.3 Å². The summed E-state index contributed by atoms with van der Waals surface area (Å²) in [7, 11) is 0. The molecule has 1 amide bonds. The largest absolute Gasteiger partial charge is 0.494 e. The Morgan fingerprint density at radius 3 is 2.70 bits per heavy atom. The minimum absolute atomic E-state index is 0.114. The number of nitrogens with one attached hydrogen (secondary N) is 3. The zero-order chi connectivity index (χ0) is 23.4. The van der Waals surface area contributed by atoms with E-state index in [1.54, 1.807) is 0 Å². The smallest absolute Gasteiger partial charge is 0.411 e. The van der Waals surface area contributed by atoms with Gasteiger partial charge in [0.1, 0.15) is 5.75 Å². The van der Waals surface area contributed by atoms with E-state index in [2.05, 4.69) is 22.5 Å². The standard InChI is InChI=1S/C25H38N4O4/c1-2-3-4-5-12-27-25(31)33-20-29(16-13-26-14-17-29)15-6-7-18-32-22-10-8-21-9-11-24(30)28-23(21)19-22/h8-11,19,26H,2-7,12-18,20H2,1H3,(H-,27,28,30,31)/p+1. The molecule has 3 N–H and O–H groups in total. The Hall–Kier alpha value is -2.58. The Bertz CT molecular complexity index is 924. The van der Waals surface area contributed by atoms with Gasteiger partial charge >= 0.3 is 6.09 Å². The molecule has 1 fully saturated rings. The number of H-pyrrole nitrogens is 1. The SMILES string of the molecule is CCCCCCNC(=O)OC[N+]1(CCCCOc2ccc3ccc(=O)[nH]c3c2)CCNCC1. The average molecular weight is 460 g/mol. The van der Waals surface area contributed by atoms with Crippen LogP contribution >= 0.6 is 0 Å². The maximum atomic E-state index is 12.1. The van der Waals surface area contributed by atoms with Gasteiger partial charge in [-0.05, 0) is 42.8 Å². The molecule has 182 valence electrons. The summed E-state index contributed by atoms with van der Waals surface area (Å²) in [6.07, 6.45) is 6.13. The molecule has 1 saturated heterocycles. The van der Waals surface area contributed by atoms with Crippen LogP contribution in [0.4, 0.5) is 4.79 Å². The Labute approximate surface area is 196 Å². The number of quaternary nitrogens is 1. The van der Waals surface area contributed by atoms with Gasteiger partial charge in [-0.15, -0.1) is 0 Å². The van der Waals surface area contributed by atoms with Crippen LogP contribution in [0.25, 0.3) is 10.9 Å². The van der Waals surface area contributed by atoms with Gasteiger partial charge in [0, 0.05) is 31.8 Å². The molecule has 1 aliphatic rings. The summed E-state index contributed by atoms with van der Waals surface area (Å²) in [5, 5.41) is 7.26. The number of hydrogen-bond donors (Lipinski definition) is 3. The Morgan fingerprint density at radius 1 is 1.06 bits per heavy atom. The summed E-state index contributed by atoms with van der Waals surface area (Å²) in [6, 6.07) is 9.09. The van der Waals surface area contributed by atoms with Crippen molar-refractivity contribution in [2.45, 2.75) is 45.4 Å². The van der Waals surface area contributed by atoms with Crippen LogP contribution in [0.2, 0.25) is 0 Å². The zero-order valence-electron chi connectivity index (χ0n) is 19.9. The second kappa shape index (κ2) is 13.2. The third-order valence-corrected chi connectivity index (χ3v) is 6.29. The molecule has 0 unspecified atom stereocenters. The van der Waals surface area contributed by atoms with Crippen molar-refractivity contribution >= 4 is 17.0 Å². The van der Waals surface area contributed by atoms with Crippen LogP contribution in [0.3, 0.4) is 0 Å². The fraction of sp³-hybridized carbons (Fsp3) is 0.600. The summed E-state index contributed by atoms with van der Waals surface area (Å²) >= 11 is 0. The minimum Gasteiger partial charge on any atom is -0.494 e. The first-order valence-electron chi connectivity index (χ1n) is 12.3. The van der Waals surface area contributed by atoms with Gasteiger partial charge in [0.15, 0.2) is 0 Å². The van der Waals surface area contributed by atoms with Crippen molar-refractivity contribution in [1.82, 2.24) is 15.6 Å². The van der Waals surface area contributed by atoms with Crippen molar-refractivity contribution in [2.24, 2.45) is 0 Å². The third-order valence-electron chi connectivity index (χ3n) is 6.29. The Balaban J connectivity index is 1.39. The van der Waals surface area contributed by atoms with Crippen molar-refractivity contribution in [1.29, 1.82) is 0 Å². The Morgan fingerprint density at radius 2 is 1.88 bits per heavy atom. The number of unbranched alkanes of at least 4 members (excludes halogenated alkanes) is 4. The van der Waals surface area contributed by atoms with E-state index in [1.165, 1.54) is 18.9 Å². The molecule has 0 spiro atoms. The molecule has 2 aromatic rings. The summed E-state index contributed by atoms with van der Waals surface area (Å²) < 4.78 is 12.3. The lowest BCUT2D eigenvalue weighted by Gasteiger charge is -2.40. The lowest BCUT2D eigenvalue weighted by Crippen LogP contribution is -2.60. The maximum absolute atomic E-state index is 12.1. The number of aromatic amines is 1.